The normalized spacial score (nSPS) is 11.3. The minimum absolute atomic E-state index is 0.177. The maximum atomic E-state index is 12.2. The van der Waals surface area contributed by atoms with E-state index in [-0.39, 0.29) is 12.0 Å². The zero-order valence-electron chi connectivity index (χ0n) is 16.9. The van der Waals surface area contributed by atoms with E-state index < -0.39 is 0 Å². The molecule has 9 nitrogen and oxygen atoms in total. The molecule has 0 aliphatic heterocycles. The van der Waals surface area contributed by atoms with Gasteiger partial charge >= 0.3 is 0 Å². The number of rotatable bonds is 10. The summed E-state index contributed by atoms with van der Waals surface area (Å²) in [6, 6.07) is 9.08. The standard InChI is InChI=1S/C21H24N6O3/c1-23-12-17(11-22)27-6-5-21(28)20(26-27)14-24-16-3-4-19-15(9-16)10-18(13-25-19)30-8-7-29-2/h3-6,9-13,22-24H,7-8,14H2,1-2H3/b17-12+,22-11?. The molecule has 0 bridgehead atoms. The minimum atomic E-state index is -0.177. The fourth-order valence-corrected chi connectivity index (χ4v) is 2.76. The molecular formula is C21H24N6O3. The van der Waals surface area contributed by atoms with Crippen molar-refractivity contribution in [3.63, 3.8) is 0 Å². The Hall–Kier alpha value is -3.72. The Bertz CT molecular complexity index is 1110. The minimum Gasteiger partial charge on any atom is -0.490 e. The van der Waals surface area contributed by atoms with Gasteiger partial charge in [0.25, 0.3) is 0 Å². The Kier molecular flexibility index (Phi) is 7.12. The second kappa shape index (κ2) is 10.2. The smallest absolute Gasteiger partial charge is 0.205 e. The highest BCUT2D eigenvalue weighted by molar-refractivity contribution is 5.99. The summed E-state index contributed by atoms with van der Waals surface area (Å²) in [5.74, 6) is 0.666. The molecule has 2 heterocycles. The molecule has 3 N–H and O–H groups in total. The van der Waals surface area contributed by atoms with Crippen LogP contribution in [0.2, 0.25) is 0 Å². The molecule has 0 radical (unpaired) electrons. The van der Waals surface area contributed by atoms with E-state index in [2.05, 4.69) is 20.7 Å². The van der Waals surface area contributed by atoms with Gasteiger partial charge in [-0.05, 0) is 24.3 Å². The van der Waals surface area contributed by atoms with E-state index in [0.29, 0.717) is 30.4 Å². The van der Waals surface area contributed by atoms with Crippen LogP contribution in [0.15, 0.2) is 53.7 Å². The summed E-state index contributed by atoms with van der Waals surface area (Å²) in [6.45, 7) is 1.20. The van der Waals surface area contributed by atoms with Crippen molar-refractivity contribution in [2.45, 2.75) is 6.54 Å². The number of nitrogens with zero attached hydrogens (tertiary/aromatic N) is 3. The van der Waals surface area contributed by atoms with Gasteiger partial charge in [-0.15, -0.1) is 0 Å². The topological polar surface area (TPSA) is 114 Å². The molecule has 0 saturated carbocycles. The van der Waals surface area contributed by atoms with Crippen LogP contribution in [0.4, 0.5) is 5.69 Å². The predicted octanol–water partition coefficient (Wildman–Crippen LogP) is 2.10. The summed E-state index contributed by atoms with van der Waals surface area (Å²) in [4.78, 5) is 16.6. The third kappa shape index (κ3) is 5.21. The Morgan fingerprint density at radius 3 is 2.90 bits per heavy atom. The summed E-state index contributed by atoms with van der Waals surface area (Å²) in [7, 11) is 3.36. The van der Waals surface area contributed by atoms with Gasteiger partial charge in [-0.25, -0.2) is 4.68 Å². The highest BCUT2D eigenvalue weighted by Gasteiger charge is 2.06. The van der Waals surface area contributed by atoms with E-state index in [0.717, 1.165) is 22.8 Å². The maximum absolute atomic E-state index is 12.2. The molecule has 0 aliphatic rings. The van der Waals surface area contributed by atoms with Crippen molar-refractivity contribution in [1.82, 2.24) is 20.1 Å². The third-order valence-corrected chi connectivity index (χ3v) is 4.26. The van der Waals surface area contributed by atoms with Crippen molar-refractivity contribution in [2.24, 2.45) is 0 Å². The molecule has 30 heavy (non-hydrogen) atoms. The van der Waals surface area contributed by atoms with Crippen LogP contribution in [0.25, 0.3) is 16.6 Å². The van der Waals surface area contributed by atoms with Crippen molar-refractivity contribution in [1.29, 1.82) is 5.41 Å². The van der Waals surface area contributed by atoms with Gasteiger partial charge in [0.2, 0.25) is 5.43 Å². The summed E-state index contributed by atoms with van der Waals surface area (Å²) < 4.78 is 12.1. The quantitative estimate of drug-likeness (QED) is 0.348. The van der Waals surface area contributed by atoms with Crippen molar-refractivity contribution in [3.8, 4) is 5.75 Å². The van der Waals surface area contributed by atoms with Gasteiger partial charge in [-0.2, -0.15) is 5.10 Å². The lowest BCUT2D eigenvalue weighted by molar-refractivity contribution is 0.146. The monoisotopic (exact) mass is 408 g/mol. The zero-order chi connectivity index (χ0) is 21.3. The number of anilines is 1. The first-order valence-corrected chi connectivity index (χ1v) is 9.37. The SMILES string of the molecule is CN/C=C(\C=N)n1ccc(=O)c(CNc2ccc3ncc(OCCOC)cc3c2)n1. The molecule has 0 aliphatic carbocycles. The summed E-state index contributed by atoms with van der Waals surface area (Å²) in [5.41, 5.74) is 2.34. The number of hydrogen-bond donors (Lipinski definition) is 3. The van der Waals surface area contributed by atoms with E-state index in [1.54, 1.807) is 26.6 Å². The average Bonchev–Trinajstić information content (AvgIpc) is 2.77. The molecule has 9 heteroatoms. The van der Waals surface area contributed by atoms with E-state index >= 15 is 0 Å². The number of methoxy groups -OCH3 is 1. The molecule has 3 rings (SSSR count). The highest BCUT2D eigenvalue weighted by atomic mass is 16.5. The molecule has 156 valence electrons. The lowest BCUT2D eigenvalue weighted by Crippen LogP contribution is -2.20. The number of ether oxygens (including phenoxy) is 2. The average molecular weight is 408 g/mol. The number of hydrogen-bond acceptors (Lipinski definition) is 8. The molecule has 2 aromatic heterocycles. The second-order valence-electron chi connectivity index (χ2n) is 6.35. The van der Waals surface area contributed by atoms with Crippen LogP contribution in [0.3, 0.4) is 0 Å². The lowest BCUT2D eigenvalue weighted by atomic mass is 10.2. The molecule has 0 amide bonds. The van der Waals surface area contributed by atoms with E-state index in [1.165, 1.54) is 16.9 Å². The number of nitrogens with one attached hydrogen (secondary N) is 3. The first kappa shape index (κ1) is 21.0. The van der Waals surface area contributed by atoms with Gasteiger partial charge in [0, 0.05) is 49.9 Å². The molecule has 0 unspecified atom stereocenters. The van der Waals surface area contributed by atoms with Crippen LogP contribution < -0.4 is 20.8 Å². The van der Waals surface area contributed by atoms with Crippen molar-refractivity contribution in [3.05, 3.63) is 64.8 Å². The Morgan fingerprint density at radius 2 is 2.13 bits per heavy atom. The number of fused-ring (bicyclic) bond motifs is 1. The van der Waals surface area contributed by atoms with Crippen LogP contribution in [0, 0.1) is 5.41 Å². The van der Waals surface area contributed by atoms with Crippen molar-refractivity contribution < 1.29 is 9.47 Å². The van der Waals surface area contributed by atoms with Gasteiger partial charge < -0.3 is 25.5 Å². The lowest BCUT2D eigenvalue weighted by Gasteiger charge is -2.10. The predicted molar refractivity (Wildman–Crippen MR) is 117 cm³/mol. The fraction of sp³-hybridized carbons (Fsp3) is 0.238. The van der Waals surface area contributed by atoms with Gasteiger partial charge in [-0.1, -0.05) is 0 Å². The summed E-state index contributed by atoms with van der Waals surface area (Å²) in [6.07, 6.45) is 6.01. The molecular weight excluding hydrogens is 384 g/mol. The molecule has 0 spiro atoms. The zero-order valence-corrected chi connectivity index (χ0v) is 16.9. The number of pyridine rings is 1. The summed E-state index contributed by atoms with van der Waals surface area (Å²) >= 11 is 0. The number of benzene rings is 1. The Labute approximate surface area is 173 Å². The van der Waals surface area contributed by atoms with Crippen molar-refractivity contribution in [2.75, 3.05) is 32.7 Å². The van der Waals surface area contributed by atoms with Crippen LogP contribution in [0.1, 0.15) is 5.69 Å². The Morgan fingerprint density at radius 1 is 1.27 bits per heavy atom. The highest BCUT2D eigenvalue weighted by Crippen LogP contribution is 2.22. The molecule has 1 aromatic carbocycles. The van der Waals surface area contributed by atoms with Crippen molar-refractivity contribution >= 4 is 28.5 Å². The molecule has 0 fully saturated rings. The van der Waals surface area contributed by atoms with E-state index in [9.17, 15) is 4.79 Å². The number of allylic oxidation sites excluding steroid dienone is 1. The number of aromatic nitrogens is 3. The van der Waals surface area contributed by atoms with Gasteiger partial charge in [-0.3, -0.25) is 9.78 Å². The van der Waals surface area contributed by atoms with Gasteiger partial charge in [0.1, 0.15) is 18.1 Å². The van der Waals surface area contributed by atoms with Crippen LogP contribution in [0.5, 0.6) is 5.75 Å². The second-order valence-corrected chi connectivity index (χ2v) is 6.35. The van der Waals surface area contributed by atoms with E-state index in [1.807, 2.05) is 24.3 Å². The first-order valence-electron chi connectivity index (χ1n) is 9.37. The largest absolute Gasteiger partial charge is 0.490 e. The molecule has 0 saturated heterocycles. The summed E-state index contributed by atoms with van der Waals surface area (Å²) in [5, 5.41) is 18.8. The van der Waals surface area contributed by atoms with Gasteiger partial charge in [0.05, 0.1) is 30.6 Å². The maximum Gasteiger partial charge on any atom is 0.205 e. The van der Waals surface area contributed by atoms with E-state index in [4.69, 9.17) is 14.9 Å². The molecule has 0 atom stereocenters. The van der Waals surface area contributed by atoms with Gasteiger partial charge in [0.15, 0.2) is 0 Å². The Balaban J connectivity index is 1.77. The third-order valence-electron chi connectivity index (χ3n) is 4.26. The van der Waals surface area contributed by atoms with Crippen LogP contribution in [-0.4, -0.2) is 48.4 Å². The fourth-order valence-electron chi connectivity index (χ4n) is 2.76. The van der Waals surface area contributed by atoms with Crippen LogP contribution >= 0.6 is 0 Å². The molecule has 3 aromatic rings. The van der Waals surface area contributed by atoms with Crippen LogP contribution in [-0.2, 0) is 11.3 Å². The first-order chi connectivity index (χ1) is 14.6.